The quantitative estimate of drug-likeness (QED) is 0.496. The molecule has 0 unspecified atom stereocenters. The molecule has 0 bridgehead atoms. The van der Waals surface area contributed by atoms with Crippen LogP contribution in [0.1, 0.15) is 20.3 Å². The maximum Gasteiger partial charge on any atom is 0.236 e. The maximum atomic E-state index is 10.9. The van der Waals surface area contributed by atoms with Gasteiger partial charge in [0.1, 0.15) is 0 Å². The molecule has 5 heteroatoms. The van der Waals surface area contributed by atoms with E-state index < -0.39 is 15.8 Å². The Morgan fingerprint density at radius 1 is 1.45 bits per heavy atom. The van der Waals surface area contributed by atoms with Gasteiger partial charge in [0.15, 0.2) is 10.8 Å². The van der Waals surface area contributed by atoms with Crippen molar-refractivity contribution in [3.05, 3.63) is 0 Å². The van der Waals surface area contributed by atoms with Crippen LogP contribution in [0.2, 0.25) is 0 Å². The minimum absolute atomic E-state index is 0.185. The number of nitrogens with one attached hydrogen (secondary N) is 1. The van der Waals surface area contributed by atoms with Crippen LogP contribution in [0.3, 0.4) is 0 Å². The second-order valence-electron chi connectivity index (χ2n) is 3.17. The van der Waals surface area contributed by atoms with Gasteiger partial charge in [-0.15, -0.1) is 0 Å². The summed E-state index contributed by atoms with van der Waals surface area (Å²) in [7, 11) is -2.41. The molecule has 1 heterocycles. The highest BCUT2D eigenvalue weighted by atomic mass is 32.2. The zero-order chi connectivity index (χ0) is 8.65. The molecule has 1 rings (SSSR count). The second kappa shape index (κ2) is 2.42. The molecule has 0 amide bonds. The SMILES string of the molecule is CC1(C)CC(=O)C(=S(=O)=O)N1. The largest absolute Gasteiger partial charge is 0.292 e. The Morgan fingerprint density at radius 2 is 2.00 bits per heavy atom. The van der Waals surface area contributed by atoms with Crippen LogP contribution >= 0.6 is 0 Å². The van der Waals surface area contributed by atoms with Crippen LogP contribution in [0.25, 0.3) is 0 Å². The van der Waals surface area contributed by atoms with Crippen molar-refractivity contribution in [2.75, 3.05) is 0 Å². The first-order valence-electron chi connectivity index (χ1n) is 3.20. The van der Waals surface area contributed by atoms with Gasteiger partial charge in [0.2, 0.25) is 10.3 Å². The van der Waals surface area contributed by atoms with E-state index in [-0.39, 0.29) is 17.2 Å². The van der Waals surface area contributed by atoms with Gasteiger partial charge in [0.05, 0.1) is 0 Å². The summed E-state index contributed by atoms with van der Waals surface area (Å²) >= 11 is 0. The van der Waals surface area contributed by atoms with Gasteiger partial charge < -0.3 is 0 Å². The van der Waals surface area contributed by atoms with Crippen molar-refractivity contribution in [3.8, 4) is 0 Å². The molecular weight excluding hydrogens is 166 g/mol. The van der Waals surface area contributed by atoms with Crippen LogP contribution in [0.5, 0.6) is 0 Å². The molecule has 1 saturated heterocycles. The fraction of sp³-hybridized carbons (Fsp3) is 0.667. The Hall–Kier alpha value is -0.680. The number of ketones is 1. The first-order chi connectivity index (χ1) is 4.92. The van der Waals surface area contributed by atoms with E-state index in [0.29, 0.717) is 0 Å². The molecule has 1 N–H and O–H groups in total. The lowest BCUT2D eigenvalue weighted by Crippen LogP contribution is -2.35. The van der Waals surface area contributed by atoms with Gasteiger partial charge in [-0.05, 0) is 13.8 Å². The van der Waals surface area contributed by atoms with Gasteiger partial charge in [-0.25, -0.2) is 0 Å². The Balaban J connectivity index is 3.12. The highest BCUT2D eigenvalue weighted by Crippen LogP contribution is 2.15. The molecule has 0 aliphatic carbocycles. The van der Waals surface area contributed by atoms with Crippen molar-refractivity contribution >= 4 is 21.1 Å². The topological polar surface area (TPSA) is 63.2 Å². The number of rotatable bonds is 0. The third-order valence-corrected chi connectivity index (χ3v) is 2.14. The number of hydrogen-bond donors (Lipinski definition) is 1. The van der Waals surface area contributed by atoms with Gasteiger partial charge in [0.25, 0.3) is 0 Å². The molecule has 0 radical (unpaired) electrons. The van der Waals surface area contributed by atoms with Gasteiger partial charge in [-0.3, -0.25) is 10.1 Å². The highest BCUT2D eigenvalue weighted by Gasteiger charge is 2.35. The van der Waals surface area contributed by atoms with E-state index in [9.17, 15) is 13.2 Å². The van der Waals surface area contributed by atoms with Crippen molar-refractivity contribution in [3.63, 3.8) is 0 Å². The summed E-state index contributed by atoms with van der Waals surface area (Å²) in [5, 5.41) is 2.63. The first-order valence-corrected chi connectivity index (χ1v) is 4.27. The lowest BCUT2D eigenvalue weighted by Gasteiger charge is -2.13. The molecule has 0 atom stereocenters. The fourth-order valence-corrected chi connectivity index (χ4v) is 1.66. The summed E-state index contributed by atoms with van der Waals surface area (Å²) in [5.74, 6) is -0.330. The summed E-state index contributed by atoms with van der Waals surface area (Å²) in [4.78, 5) is 10.8. The highest BCUT2D eigenvalue weighted by molar-refractivity contribution is 7.74. The minimum Gasteiger partial charge on any atom is -0.292 e. The van der Waals surface area contributed by atoms with E-state index in [1.165, 1.54) is 0 Å². The summed E-state index contributed by atoms with van der Waals surface area (Å²) in [5.41, 5.74) is -0.410. The van der Waals surface area contributed by atoms with Gasteiger partial charge in [-0.2, -0.15) is 8.42 Å². The molecule has 0 aromatic heterocycles. The molecule has 11 heavy (non-hydrogen) atoms. The normalized spacial score (nSPS) is 22.4. The smallest absolute Gasteiger partial charge is 0.236 e. The molecule has 0 aromatic rings. The van der Waals surface area contributed by atoms with Crippen LogP contribution in [-0.4, -0.2) is 24.7 Å². The van der Waals surface area contributed by atoms with E-state index in [0.717, 1.165) is 0 Å². The van der Waals surface area contributed by atoms with Crippen molar-refractivity contribution in [1.82, 2.24) is 5.32 Å². The van der Waals surface area contributed by atoms with Gasteiger partial charge in [0, 0.05) is 12.0 Å². The van der Waals surface area contributed by atoms with Crippen LogP contribution in [0.4, 0.5) is 0 Å². The number of hydrogen-bond acceptors (Lipinski definition) is 3. The van der Waals surface area contributed by atoms with E-state index >= 15 is 0 Å². The van der Waals surface area contributed by atoms with E-state index in [1.54, 1.807) is 13.8 Å². The van der Waals surface area contributed by atoms with Gasteiger partial charge in [-0.1, -0.05) is 0 Å². The molecule has 1 fully saturated rings. The summed E-state index contributed by atoms with van der Waals surface area (Å²) in [6, 6.07) is 0. The van der Waals surface area contributed by atoms with Crippen LogP contribution < -0.4 is 5.32 Å². The Labute approximate surface area is 66.1 Å². The molecule has 0 aromatic carbocycles. The monoisotopic (exact) mass is 175 g/mol. The predicted octanol–water partition coefficient (Wildman–Crippen LogP) is -0.664. The number of carbonyl (C=O) groups excluding carboxylic acids is 1. The Bertz CT molecular complexity index is 318. The third-order valence-electron chi connectivity index (χ3n) is 1.47. The van der Waals surface area contributed by atoms with Crippen molar-refractivity contribution in [2.24, 2.45) is 0 Å². The summed E-state index contributed by atoms with van der Waals surface area (Å²) in [6.45, 7) is 3.56. The lowest BCUT2D eigenvalue weighted by atomic mass is 10.0. The lowest BCUT2D eigenvalue weighted by molar-refractivity contribution is -0.112. The molecule has 1 aliphatic heterocycles. The molecule has 0 saturated carbocycles. The number of Topliss-reactive ketones (excluding diaryl/α,β-unsaturated/α-hetero) is 1. The zero-order valence-electron chi connectivity index (χ0n) is 6.34. The number of carbonyl (C=O) groups is 1. The summed E-state index contributed by atoms with van der Waals surface area (Å²) in [6.07, 6.45) is 0.246. The molecule has 1 aliphatic rings. The maximum absolute atomic E-state index is 10.9. The average molecular weight is 175 g/mol. The van der Waals surface area contributed by atoms with Crippen LogP contribution in [-0.2, 0) is 15.1 Å². The Kier molecular flexibility index (Phi) is 1.85. The van der Waals surface area contributed by atoms with E-state index in [1.807, 2.05) is 0 Å². The van der Waals surface area contributed by atoms with Crippen molar-refractivity contribution in [1.29, 1.82) is 0 Å². The molecular formula is C6H9NO3S. The van der Waals surface area contributed by atoms with Crippen LogP contribution in [0.15, 0.2) is 0 Å². The van der Waals surface area contributed by atoms with Crippen molar-refractivity contribution < 1.29 is 13.2 Å². The zero-order valence-corrected chi connectivity index (χ0v) is 7.16. The fourth-order valence-electron chi connectivity index (χ4n) is 1.04. The second-order valence-corrected chi connectivity index (χ2v) is 4.05. The van der Waals surface area contributed by atoms with Gasteiger partial charge >= 0.3 is 0 Å². The molecule has 0 spiro atoms. The van der Waals surface area contributed by atoms with E-state index in [2.05, 4.69) is 5.32 Å². The first kappa shape index (κ1) is 8.42. The van der Waals surface area contributed by atoms with Crippen LogP contribution in [0, 0.1) is 0 Å². The van der Waals surface area contributed by atoms with E-state index in [4.69, 9.17) is 0 Å². The molecule has 62 valence electrons. The predicted molar refractivity (Wildman–Crippen MR) is 40.8 cm³/mol. The third kappa shape index (κ3) is 1.66. The summed E-state index contributed by atoms with van der Waals surface area (Å²) < 4.78 is 20.8. The minimum atomic E-state index is -2.41. The van der Waals surface area contributed by atoms with Crippen molar-refractivity contribution in [2.45, 2.75) is 25.8 Å². The standard InChI is InChI=1S/C6H9NO3S/c1-6(2)3-4(8)5(7-6)11(9)10/h7H,3H2,1-2H3. The Morgan fingerprint density at radius 3 is 2.18 bits per heavy atom. The molecule has 4 nitrogen and oxygen atoms in total. The average Bonchev–Trinajstić information content (AvgIpc) is 2.05.